The Balaban J connectivity index is 1.84. The number of halogens is 1. The van der Waals surface area contributed by atoms with Gasteiger partial charge in [-0.25, -0.2) is 0 Å². The van der Waals surface area contributed by atoms with Crippen LogP contribution in [-0.4, -0.2) is 13.0 Å². The molecular weight excluding hydrogens is 330 g/mol. The van der Waals surface area contributed by atoms with E-state index in [-0.39, 0.29) is 5.91 Å². The van der Waals surface area contributed by atoms with Crippen molar-refractivity contribution in [2.45, 2.75) is 12.6 Å². The fourth-order valence-corrected chi connectivity index (χ4v) is 2.90. The molecule has 1 aliphatic rings. The predicted molar refractivity (Wildman–Crippen MR) is 88.2 cm³/mol. The standard InChI is InChI=1S/C16H16BrN3O/c1-20(9-10-4-2-3-5-13(10)17)11-6-7-12-14(8-11)19-16(21)15(12)18/h2-8,15H,9,18H2,1H3,(H,19,21). The van der Waals surface area contributed by atoms with Crippen molar-refractivity contribution >= 4 is 33.2 Å². The quantitative estimate of drug-likeness (QED) is 0.898. The molecule has 1 unspecified atom stereocenters. The number of nitrogens with two attached hydrogens (primary N) is 1. The lowest BCUT2D eigenvalue weighted by molar-refractivity contribution is -0.116. The molecule has 21 heavy (non-hydrogen) atoms. The van der Waals surface area contributed by atoms with Crippen molar-refractivity contribution in [3.63, 3.8) is 0 Å². The van der Waals surface area contributed by atoms with Gasteiger partial charge in [0.2, 0.25) is 5.91 Å². The molecule has 1 heterocycles. The predicted octanol–water partition coefficient (Wildman–Crippen LogP) is 3.04. The highest BCUT2D eigenvalue weighted by Crippen LogP contribution is 2.33. The van der Waals surface area contributed by atoms with Crippen molar-refractivity contribution in [1.29, 1.82) is 0 Å². The Hall–Kier alpha value is -1.85. The summed E-state index contributed by atoms with van der Waals surface area (Å²) in [7, 11) is 2.03. The van der Waals surface area contributed by atoms with Crippen LogP contribution < -0.4 is 16.0 Å². The number of nitrogens with zero attached hydrogens (tertiary/aromatic N) is 1. The third kappa shape index (κ3) is 2.66. The number of rotatable bonds is 3. The van der Waals surface area contributed by atoms with Crippen LogP contribution in [0.25, 0.3) is 0 Å². The third-order valence-electron chi connectivity index (χ3n) is 3.72. The molecule has 108 valence electrons. The van der Waals surface area contributed by atoms with Gasteiger partial charge in [0.1, 0.15) is 6.04 Å². The van der Waals surface area contributed by atoms with Crippen LogP contribution in [0.1, 0.15) is 17.2 Å². The molecule has 0 bridgehead atoms. The average Bonchev–Trinajstić information content (AvgIpc) is 2.76. The number of hydrogen-bond donors (Lipinski definition) is 2. The summed E-state index contributed by atoms with van der Waals surface area (Å²) in [6.07, 6.45) is 0. The molecule has 4 nitrogen and oxygen atoms in total. The first-order valence-electron chi connectivity index (χ1n) is 6.71. The van der Waals surface area contributed by atoms with Gasteiger partial charge < -0.3 is 16.0 Å². The Morgan fingerprint density at radius 1 is 1.29 bits per heavy atom. The van der Waals surface area contributed by atoms with Crippen molar-refractivity contribution in [1.82, 2.24) is 0 Å². The average molecular weight is 346 g/mol. The number of carbonyl (C=O) groups is 1. The van der Waals surface area contributed by atoms with Crippen LogP contribution in [0.2, 0.25) is 0 Å². The number of amides is 1. The second-order valence-corrected chi connectivity index (χ2v) is 6.04. The molecule has 0 spiro atoms. The van der Waals surface area contributed by atoms with E-state index in [9.17, 15) is 4.79 Å². The molecule has 3 N–H and O–H groups in total. The van der Waals surface area contributed by atoms with E-state index in [1.54, 1.807) is 0 Å². The molecular formula is C16H16BrN3O. The van der Waals surface area contributed by atoms with E-state index in [1.807, 2.05) is 43.4 Å². The normalized spacial score (nSPS) is 16.5. The first-order valence-corrected chi connectivity index (χ1v) is 7.50. The van der Waals surface area contributed by atoms with Gasteiger partial charge in [0, 0.05) is 35.0 Å². The number of benzene rings is 2. The van der Waals surface area contributed by atoms with Crippen molar-refractivity contribution in [3.8, 4) is 0 Å². The van der Waals surface area contributed by atoms with E-state index in [0.29, 0.717) is 0 Å². The summed E-state index contributed by atoms with van der Waals surface area (Å²) < 4.78 is 1.09. The van der Waals surface area contributed by atoms with Crippen LogP contribution in [-0.2, 0) is 11.3 Å². The topological polar surface area (TPSA) is 58.4 Å². The van der Waals surface area contributed by atoms with Gasteiger partial charge in [0.15, 0.2) is 0 Å². The second-order valence-electron chi connectivity index (χ2n) is 5.19. The zero-order chi connectivity index (χ0) is 15.0. The molecule has 1 amide bonds. The fraction of sp³-hybridized carbons (Fsp3) is 0.188. The van der Waals surface area contributed by atoms with Gasteiger partial charge in [-0.2, -0.15) is 0 Å². The number of carbonyl (C=O) groups excluding carboxylic acids is 1. The molecule has 5 heteroatoms. The van der Waals surface area contributed by atoms with Gasteiger partial charge in [0.25, 0.3) is 0 Å². The van der Waals surface area contributed by atoms with E-state index in [0.717, 1.165) is 28.0 Å². The fourth-order valence-electron chi connectivity index (χ4n) is 2.49. The first-order chi connectivity index (χ1) is 10.1. The monoisotopic (exact) mass is 345 g/mol. The van der Waals surface area contributed by atoms with Crippen molar-refractivity contribution < 1.29 is 4.79 Å². The molecule has 2 aromatic rings. The SMILES string of the molecule is CN(Cc1ccccc1Br)c1ccc2c(c1)NC(=O)C2N. The van der Waals surface area contributed by atoms with Crippen LogP contribution >= 0.6 is 15.9 Å². The van der Waals surface area contributed by atoms with Gasteiger partial charge in [-0.1, -0.05) is 40.2 Å². The van der Waals surface area contributed by atoms with Crippen molar-refractivity contribution in [2.24, 2.45) is 5.73 Å². The van der Waals surface area contributed by atoms with Gasteiger partial charge in [-0.3, -0.25) is 4.79 Å². The molecule has 0 fully saturated rings. The Morgan fingerprint density at radius 3 is 2.81 bits per heavy atom. The number of anilines is 2. The zero-order valence-electron chi connectivity index (χ0n) is 11.6. The molecule has 1 atom stereocenters. The number of fused-ring (bicyclic) bond motifs is 1. The lowest BCUT2D eigenvalue weighted by Crippen LogP contribution is -2.19. The highest BCUT2D eigenvalue weighted by Gasteiger charge is 2.27. The minimum Gasteiger partial charge on any atom is -0.370 e. The summed E-state index contributed by atoms with van der Waals surface area (Å²) in [6, 6.07) is 13.5. The molecule has 0 aromatic heterocycles. The molecule has 0 aliphatic carbocycles. The highest BCUT2D eigenvalue weighted by atomic mass is 79.9. The summed E-state index contributed by atoms with van der Waals surface area (Å²) in [5.41, 5.74) is 9.75. The maximum Gasteiger partial charge on any atom is 0.245 e. The summed E-state index contributed by atoms with van der Waals surface area (Å²) >= 11 is 3.56. The number of nitrogens with one attached hydrogen (secondary N) is 1. The minimum absolute atomic E-state index is 0.143. The maximum absolute atomic E-state index is 11.6. The Labute approximate surface area is 132 Å². The van der Waals surface area contributed by atoms with Crippen molar-refractivity contribution in [2.75, 3.05) is 17.3 Å². The van der Waals surface area contributed by atoms with Crippen LogP contribution in [0.15, 0.2) is 46.9 Å². The van der Waals surface area contributed by atoms with Crippen molar-refractivity contribution in [3.05, 3.63) is 58.1 Å². The van der Waals surface area contributed by atoms with E-state index in [2.05, 4.69) is 32.2 Å². The third-order valence-corrected chi connectivity index (χ3v) is 4.49. The van der Waals surface area contributed by atoms with Crippen LogP contribution in [0, 0.1) is 0 Å². The molecule has 0 saturated heterocycles. The second kappa shape index (κ2) is 5.50. The molecule has 2 aromatic carbocycles. The van der Waals surface area contributed by atoms with E-state index in [4.69, 9.17) is 5.73 Å². The van der Waals surface area contributed by atoms with Gasteiger partial charge in [0.05, 0.1) is 0 Å². The van der Waals surface area contributed by atoms with Gasteiger partial charge in [-0.05, 0) is 23.8 Å². The minimum atomic E-state index is -0.553. The lowest BCUT2D eigenvalue weighted by Gasteiger charge is -2.21. The zero-order valence-corrected chi connectivity index (χ0v) is 13.2. The Morgan fingerprint density at radius 2 is 2.05 bits per heavy atom. The molecule has 1 aliphatic heterocycles. The number of hydrogen-bond acceptors (Lipinski definition) is 3. The lowest BCUT2D eigenvalue weighted by atomic mass is 10.1. The summed E-state index contributed by atoms with van der Waals surface area (Å²) in [4.78, 5) is 13.7. The molecule has 0 radical (unpaired) electrons. The Bertz CT molecular complexity index is 702. The van der Waals surface area contributed by atoms with Gasteiger partial charge >= 0.3 is 0 Å². The summed E-state index contributed by atoms with van der Waals surface area (Å²) in [6.45, 7) is 0.778. The van der Waals surface area contributed by atoms with E-state index < -0.39 is 6.04 Å². The van der Waals surface area contributed by atoms with Crippen LogP contribution in [0.4, 0.5) is 11.4 Å². The van der Waals surface area contributed by atoms with E-state index in [1.165, 1.54) is 5.56 Å². The summed E-state index contributed by atoms with van der Waals surface area (Å²) in [5.74, 6) is -0.143. The smallest absolute Gasteiger partial charge is 0.245 e. The molecule has 0 saturated carbocycles. The maximum atomic E-state index is 11.6. The Kier molecular flexibility index (Phi) is 3.69. The first kappa shape index (κ1) is 14.1. The largest absolute Gasteiger partial charge is 0.370 e. The van der Waals surface area contributed by atoms with E-state index >= 15 is 0 Å². The summed E-state index contributed by atoms with van der Waals surface area (Å²) in [5, 5.41) is 2.82. The highest BCUT2D eigenvalue weighted by molar-refractivity contribution is 9.10. The van der Waals surface area contributed by atoms with Crippen LogP contribution in [0.3, 0.4) is 0 Å². The van der Waals surface area contributed by atoms with Crippen LogP contribution in [0.5, 0.6) is 0 Å². The van der Waals surface area contributed by atoms with Gasteiger partial charge in [-0.15, -0.1) is 0 Å². The molecule has 3 rings (SSSR count).